The van der Waals surface area contributed by atoms with Gasteiger partial charge in [0.15, 0.2) is 6.10 Å². The molecule has 0 aliphatic rings. The van der Waals surface area contributed by atoms with Crippen molar-refractivity contribution in [3.63, 3.8) is 0 Å². The van der Waals surface area contributed by atoms with E-state index in [0.717, 1.165) is 0 Å². The van der Waals surface area contributed by atoms with Gasteiger partial charge in [-0.15, -0.1) is 0 Å². The molecule has 0 bridgehead atoms. The molecule has 1 heterocycles. The molecule has 1 atom stereocenters. The Bertz CT molecular complexity index is 1020. The van der Waals surface area contributed by atoms with Crippen molar-refractivity contribution in [1.29, 1.82) is 5.26 Å². The predicted molar refractivity (Wildman–Crippen MR) is 102 cm³/mol. The van der Waals surface area contributed by atoms with Gasteiger partial charge in [0.1, 0.15) is 5.76 Å². The Morgan fingerprint density at radius 3 is 2.50 bits per heavy atom. The molecule has 28 heavy (non-hydrogen) atoms. The zero-order valence-corrected chi connectivity index (χ0v) is 15.2. The summed E-state index contributed by atoms with van der Waals surface area (Å²) in [6.45, 7) is 1.71. The largest absolute Gasteiger partial charge is 0.467 e. The van der Waals surface area contributed by atoms with Gasteiger partial charge >= 0.3 is 5.97 Å². The minimum Gasteiger partial charge on any atom is -0.467 e. The van der Waals surface area contributed by atoms with Gasteiger partial charge in [-0.2, -0.15) is 5.26 Å². The third-order valence-electron chi connectivity index (χ3n) is 4.15. The summed E-state index contributed by atoms with van der Waals surface area (Å²) in [6.07, 6.45) is 0.530. The fraction of sp³-hybridized carbons (Fsp3) is 0.136. The van der Waals surface area contributed by atoms with Crippen molar-refractivity contribution >= 4 is 11.9 Å². The van der Waals surface area contributed by atoms with Gasteiger partial charge in [-0.3, -0.25) is 4.79 Å². The van der Waals surface area contributed by atoms with Crippen molar-refractivity contribution < 1.29 is 18.7 Å². The number of hydrogen-bond acceptors (Lipinski definition) is 5. The summed E-state index contributed by atoms with van der Waals surface area (Å²) in [5, 5.41) is 12.0. The fourth-order valence-electron chi connectivity index (χ4n) is 2.72. The summed E-state index contributed by atoms with van der Waals surface area (Å²) in [5.41, 5.74) is 1.95. The minimum absolute atomic E-state index is 0.208. The first-order valence-corrected chi connectivity index (χ1v) is 8.69. The number of rotatable bonds is 6. The molecule has 1 aromatic heterocycles. The second-order valence-electron chi connectivity index (χ2n) is 6.05. The zero-order chi connectivity index (χ0) is 19.9. The molecular weight excluding hydrogens is 356 g/mol. The summed E-state index contributed by atoms with van der Waals surface area (Å²) in [7, 11) is 0. The van der Waals surface area contributed by atoms with Crippen molar-refractivity contribution in [3.8, 4) is 17.2 Å². The normalized spacial score (nSPS) is 11.3. The van der Waals surface area contributed by atoms with E-state index in [2.05, 4.69) is 11.4 Å². The third-order valence-corrected chi connectivity index (χ3v) is 4.15. The van der Waals surface area contributed by atoms with E-state index in [4.69, 9.17) is 9.15 Å². The number of nitriles is 1. The van der Waals surface area contributed by atoms with E-state index >= 15 is 0 Å². The number of esters is 1. The van der Waals surface area contributed by atoms with Crippen LogP contribution >= 0.6 is 0 Å². The topological polar surface area (TPSA) is 92.3 Å². The molecule has 0 aliphatic heterocycles. The van der Waals surface area contributed by atoms with E-state index in [1.807, 2.05) is 0 Å². The van der Waals surface area contributed by atoms with Crippen LogP contribution in [-0.4, -0.2) is 18.0 Å². The molecule has 6 heteroatoms. The Labute approximate surface area is 162 Å². The van der Waals surface area contributed by atoms with Crippen LogP contribution in [0.2, 0.25) is 0 Å². The zero-order valence-electron chi connectivity index (χ0n) is 15.2. The monoisotopic (exact) mass is 374 g/mol. The highest BCUT2D eigenvalue weighted by molar-refractivity contribution is 5.99. The lowest BCUT2D eigenvalue weighted by Gasteiger charge is -2.15. The minimum atomic E-state index is -0.985. The van der Waals surface area contributed by atoms with E-state index < -0.39 is 18.0 Å². The summed E-state index contributed by atoms with van der Waals surface area (Å²) < 4.78 is 10.5. The van der Waals surface area contributed by atoms with E-state index in [9.17, 15) is 14.9 Å². The SMILES string of the molecule is C[C@H](OC(=O)c1ccccc1-c1ccccc1C#N)C(=O)NCc1ccco1. The van der Waals surface area contributed by atoms with Gasteiger partial charge in [0.25, 0.3) is 5.91 Å². The number of ether oxygens (including phenoxy) is 1. The molecule has 1 N–H and O–H groups in total. The van der Waals surface area contributed by atoms with Crippen molar-refractivity contribution in [3.05, 3.63) is 83.8 Å². The number of amides is 1. The van der Waals surface area contributed by atoms with Crippen molar-refractivity contribution in [2.24, 2.45) is 0 Å². The lowest BCUT2D eigenvalue weighted by molar-refractivity contribution is -0.129. The Morgan fingerprint density at radius 2 is 1.79 bits per heavy atom. The van der Waals surface area contributed by atoms with Gasteiger partial charge in [-0.1, -0.05) is 36.4 Å². The first-order valence-electron chi connectivity index (χ1n) is 8.69. The summed E-state index contributed by atoms with van der Waals surface area (Å²) in [5.74, 6) is -0.464. The van der Waals surface area contributed by atoms with E-state index in [1.165, 1.54) is 13.2 Å². The second-order valence-corrected chi connectivity index (χ2v) is 6.05. The average molecular weight is 374 g/mol. The van der Waals surface area contributed by atoms with Crippen molar-refractivity contribution in [2.45, 2.75) is 19.6 Å². The van der Waals surface area contributed by atoms with Crippen LogP contribution < -0.4 is 5.32 Å². The Balaban J connectivity index is 1.74. The van der Waals surface area contributed by atoms with Gasteiger partial charge in [0, 0.05) is 5.56 Å². The van der Waals surface area contributed by atoms with Crippen LogP contribution in [0.4, 0.5) is 0 Å². The van der Waals surface area contributed by atoms with Crippen LogP contribution in [0.15, 0.2) is 71.3 Å². The summed E-state index contributed by atoms with van der Waals surface area (Å²) in [4.78, 5) is 24.9. The number of hydrogen-bond donors (Lipinski definition) is 1. The lowest BCUT2D eigenvalue weighted by atomic mass is 9.96. The number of furan rings is 1. The smallest absolute Gasteiger partial charge is 0.339 e. The van der Waals surface area contributed by atoms with Gasteiger partial charge in [0.05, 0.1) is 30.0 Å². The molecule has 6 nitrogen and oxygen atoms in total. The summed E-state index contributed by atoms with van der Waals surface area (Å²) in [6, 6.07) is 19.4. The molecule has 3 aromatic rings. The number of benzene rings is 2. The highest BCUT2D eigenvalue weighted by Crippen LogP contribution is 2.27. The Morgan fingerprint density at radius 1 is 1.07 bits per heavy atom. The quantitative estimate of drug-likeness (QED) is 0.665. The molecule has 0 fully saturated rings. The summed E-state index contributed by atoms with van der Waals surface area (Å²) >= 11 is 0. The molecule has 2 aromatic carbocycles. The second kappa shape index (κ2) is 8.69. The maximum Gasteiger partial charge on any atom is 0.339 e. The number of carbonyl (C=O) groups excluding carboxylic acids is 2. The number of nitrogens with one attached hydrogen (secondary N) is 1. The maximum atomic E-state index is 12.7. The maximum absolute atomic E-state index is 12.7. The Kier molecular flexibility index (Phi) is 5.87. The van der Waals surface area contributed by atoms with Crippen LogP contribution in [0.5, 0.6) is 0 Å². The van der Waals surface area contributed by atoms with Crippen LogP contribution in [0, 0.1) is 11.3 Å². The fourth-order valence-corrected chi connectivity index (χ4v) is 2.72. The molecule has 0 unspecified atom stereocenters. The number of nitrogens with zero attached hydrogens (tertiary/aromatic N) is 1. The van der Waals surface area contributed by atoms with Gasteiger partial charge in [0.2, 0.25) is 0 Å². The number of carbonyl (C=O) groups is 2. The van der Waals surface area contributed by atoms with Crippen molar-refractivity contribution in [1.82, 2.24) is 5.32 Å². The first kappa shape index (κ1) is 18.9. The highest BCUT2D eigenvalue weighted by Gasteiger charge is 2.22. The molecule has 3 rings (SSSR count). The van der Waals surface area contributed by atoms with E-state index in [1.54, 1.807) is 60.7 Å². The van der Waals surface area contributed by atoms with Gasteiger partial charge < -0.3 is 14.5 Å². The molecule has 140 valence electrons. The first-order chi connectivity index (χ1) is 13.6. The van der Waals surface area contributed by atoms with Crippen LogP contribution in [0.25, 0.3) is 11.1 Å². The lowest BCUT2D eigenvalue weighted by Crippen LogP contribution is -2.35. The molecule has 0 spiro atoms. The third kappa shape index (κ3) is 4.27. The van der Waals surface area contributed by atoms with Crippen LogP contribution in [0.1, 0.15) is 28.6 Å². The molecule has 0 saturated carbocycles. The molecule has 1 amide bonds. The van der Waals surface area contributed by atoms with Crippen molar-refractivity contribution in [2.75, 3.05) is 0 Å². The molecule has 0 radical (unpaired) electrons. The average Bonchev–Trinajstić information content (AvgIpc) is 3.25. The van der Waals surface area contributed by atoms with Gasteiger partial charge in [-0.25, -0.2) is 4.79 Å². The van der Waals surface area contributed by atoms with Gasteiger partial charge in [-0.05, 0) is 36.8 Å². The Hall–Kier alpha value is -3.85. The van der Waals surface area contributed by atoms with Crippen LogP contribution in [0.3, 0.4) is 0 Å². The molecule has 0 aliphatic carbocycles. The predicted octanol–water partition coefficient (Wildman–Crippen LogP) is 3.68. The van der Waals surface area contributed by atoms with E-state index in [-0.39, 0.29) is 12.1 Å². The van der Waals surface area contributed by atoms with Crippen LogP contribution in [-0.2, 0) is 16.1 Å². The molecule has 0 saturated heterocycles. The molecular formula is C22H18N2O4. The highest BCUT2D eigenvalue weighted by atomic mass is 16.5. The standard InChI is InChI=1S/C22H18N2O4/c1-15(21(25)24-14-17-8-6-12-27-17)28-22(26)20-11-5-4-10-19(20)18-9-3-2-7-16(18)13-23/h2-12,15H,14H2,1H3,(H,24,25)/t15-/m0/s1. The van der Waals surface area contributed by atoms with E-state index in [0.29, 0.717) is 22.5 Å².